The molecule has 0 spiro atoms. The molecule has 0 aromatic rings. The topological polar surface area (TPSA) is 58.6 Å². The van der Waals surface area contributed by atoms with Crippen LogP contribution in [0.25, 0.3) is 0 Å². The lowest BCUT2D eigenvalue weighted by atomic mass is 10.2. The largest absolute Gasteiger partial charge is 0.468 e. The van der Waals surface area contributed by atoms with Crippen LogP contribution in [0, 0.1) is 0 Å². The third kappa shape index (κ3) is 2.46. The van der Waals surface area contributed by atoms with Crippen LogP contribution in [-0.2, 0) is 9.53 Å². The lowest BCUT2D eigenvalue weighted by molar-refractivity contribution is -0.139. The van der Waals surface area contributed by atoms with Crippen LogP contribution in [0.3, 0.4) is 0 Å². The van der Waals surface area contributed by atoms with Crippen molar-refractivity contribution in [3.05, 3.63) is 0 Å². The van der Waals surface area contributed by atoms with Gasteiger partial charge in [-0.25, -0.2) is 0 Å². The minimum Gasteiger partial charge on any atom is -0.468 e. The highest BCUT2D eigenvalue weighted by Gasteiger charge is 2.24. The van der Waals surface area contributed by atoms with Crippen molar-refractivity contribution in [3.63, 3.8) is 0 Å². The van der Waals surface area contributed by atoms with E-state index >= 15 is 0 Å². The molecule has 12 heavy (non-hydrogen) atoms. The van der Waals surface area contributed by atoms with E-state index in [4.69, 9.17) is 0 Å². The third-order valence-electron chi connectivity index (χ3n) is 2.22. The van der Waals surface area contributed by atoms with Crippen LogP contribution in [0.5, 0.6) is 0 Å². The average Bonchev–Trinajstić information content (AvgIpc) is 2.47. The van der Waals surface area contributed by atoms with E-state index in [1.165, 1.54) is 7.11 Å². The van der Waals surface area contributed by atoms with Gasteiger partial charge >= 0.3 is 5.97 Å². The van der Waals surface area contributed by atoms with E-state index in [-0.39, 0.29) is 24.7 Å². The molecule has 1 aliphatic carbocycles. The lowest BCUT2D eigenvalue weighted by Gasteiger charge is -2.14. The zero-order valence-corrected chi connectivity index (χ0v) is 7.25. The molecule has 2 N–H and O–H groups in total. The molecule has 2 atom stereocenters. The number of methoxy groups -OCH3 is 1. The van der Waals surface area contributed by atoms with Crippen molar-refractivity contribution in [2.75, 3.05) is 13.7 Å². The highest BCUT2D eigenvalue weighted by atomic mass is 16.5. The summed E-state index contributed by atoms with van der Waals surface area (Å²) in [6.45, 7) is 0.193. The molecule has 1 rings (SSSR count). The Morgan fingerprint density at radius 1 is 1.67 bits per heavy atom. The van der Waals surface area contributed by atoms with Crippen LogP contribution in [0.2, 0.25) is 0 Å². The van der Waals surface area contributed by atoms with E-state index in [9.17, 15) is 9.90 Å². The van der Waals surface area contributed by atoms with E-state index in [2.05, 4.69) is 10.1 Å². The number of carbonyl (C=O) groups is 1. The minimum absolute atomic E-state index is 0.0732. The molecule has 1 fully saturated rings. The lowest BCUT2D eigenvalue weighted by Crippen LogP contribution is -2.39. The van der Waals surface area contributed by atoms with Gasteiger partial charge in [-0.05, 0) is 19.3 Å². The second-order valence-electron chi connectivity index (χ2n) is 3.06. The molecule has 0 aromatic heterocycles. The zero-order chi connectivity index (χ0) is 8.97. The fourth-order valence-electron chi connectivity index (χ4n) is 1.47. The highest BCUT2D eigenvalue weighted by Crippen LogP contribution is 2.18. The molecular formula is C8H15NO3. The number of hydrogen-bond acceptors (Lipinski definition) is 4. The van der Waals surface area contributed by atoms with Gasteiger partial charge in [-0.3, -0.25) is 4.79 Å². The van der Waals surface area contributed by atoms with E-state index in [0.717, 1.165) is 19.3 Å². The monoisotopic (exact) mass is 173 g/mol. The molecule has 0 bridgehead atoms. The van der Waals surface area contributed by atoms with E-state index in [1.807, 2.05) is 0 Å². The number of aliphatic hydroxyl groups is 1. The maximum absolute atomic E-state index is 10.7. The van der Waals surface area contributed by atoms with Gasteiger partial charge in [0.1, 0.15) is 0 Å². The molecule has 1 saturated carbocycles. The number of nitrogens with one attached hydrogen (secondary N) is 1. The summed E-state index contributed by atoms with van der Waals surface area (Å²) < 4.78 is 4.46. The van der Waals surface area contributed by atoms with Crippen LogP contribution in [0.4, 0.5) is 0 Å². The second-order valence-corrected chi connectivity index (χ2v) is 3.06. The number of rotatable bonds is 3. The van der Waals surface area contributed by atoms with Crippen molar-refractivity contribution >= 4 is 5.97 Å². The summed E-state index contributed by atoms with van der Waals surface area (Å²) in [6, 6.07) is 0.0732. The van der Waals surface area contributed by atoms with E-state index in [0.29, 0.717) is 0 Å². The molecule has 0 aromatic carbocycles. The minimum atomic E-state index is -0.297. The predicted octanol–water partition coefficient (Wildman–Crippen LogP) is -0.338. The number of hydrogen-bond donors (Lipinski definition) is 2. The van der Waals surface area contributed by atoms with Crippen LogP contribution in [-0.4, -0.2) is 36.9 Å². The van der Waals surface area contributed by atoms with Gasteiger partial charge in [0.2, 0.25) is 0 Å². The summed E-state index contributed by atoms with van der Waals surface area (Å²) in [5.74, 6) is -0.283. The van der Waals surface area contributed by atoms with Gasteiger partial charge in [0, 0.05) is 6.04 Å². The van der Waals surface area contributed by atoms with Gasteiger partial charge in [0.25, 0.3) is 0 Å². The average molecular weight is 173 g/mol. The summed E-state index contributed by atoms with van der Waals surface area (Å²) in [6.07, 6.45) is 2.51. The van der Waals surface area contributed by atoms with Crippen molar-refractivity contribution in [1.82, 2.24) is 5.32 Å². The Kier molecular flexibility index (Phi) is 3.49. The first-order valence-electron chi connectivity index (χ1n) is 4.22. The van der Waals surface area contributed by atoms with Crippen molar-refractivity contribution in [2.45, 2.75) is 31.4 Å². The van der Waals surface area contributed by atoms with Crippen LogP contribution < -0.4 is 5.32 Å². The molecular weight excluding hydrogens is 158 g/mol. The maximum Gasteiger partial charge on any atom is 0.319 e. The number of aliphatic hydroxyl groups excluding tert-OH is 1. The molecule has 0 amide bonds. The normalized spacial score (nSPS) is 28.8. The van der Waals surface area contributed by atoms with E-state index in [1.54, 1.807) is 0 Å². The van der Waals surface area contributed by atoms with Gasteiger partial charge in [-0.1, -0.05) is 0 Å². The first kappa shape index (κ1) is 9.48. The maximum atomic E-state index is 10.7. The van der Waals surface area contributed by atoms with Crippen LogP contribution >= 0.6 is 0 Å². The summed E-state index contributed by atoms with van der Waals surface area (Å²) in [5.41, 5.74) is 0. The van der Waals surface area contributed by atoms with Crippen LogP contribution in [0.15, 0.2) is 0 Å². The molecule has 4 nitrogen and oxygen atoms in total. The fourth-order valence-corrected chi connectivity index (χ4v) is 1.47. The SMILES string of the molecule is COC(=O)CN[C@H]1CCC[C@@H]1O. The summed E-state index contributed by atoms with van der Waals surface area (Å²) in [5, 5.41) is 12.3. The molecule has 0 aliphatic heterocycles. The standard InChI is InChI=1S/C8H15NO3/c1-12-8(11)5-9-6-3-2-4-7(6)10/h6-7,9-10H,2-5H2,1H3/t6-,7-/m0/s1. The Bertz CT molecular complexity index is 160. The molecule has 0 unspecified atom stereocenters. The molecule has 0 heterocycles. The Hall–Kier alpha value is -0.610. The molecule has 0 radical (unpaired) electrons. The first-order chi connectivity index (χ1) is 5.74. The second kappa shape index (κ2) is 4.42. The predicted molar refractivity (Wildman–Crippen MR) is 43.7 cm³/mol. The summed E-state index contributed by atoms with van der Waals surface area (Å²) in [4.78, 5) is 10.7. The van der Waals surface area contributed by atoms with Crippen LogP contribution in [0.1, 0.15) is 19.3 Å². The van der Waals surface area contributed by atoms with Gasteiger partial charge in [-0.2, -0.15) is 0 Å². The number of ether oxygens (including phenoxy) is 1. The Morgan fingerprint density at radius 2 is 2.42 bits per heavy atom. The van der Waals surface area contributed by atoms with Gasteiger partial charge < -0.3 is 15.2 Å². The third-order valence-corrected chi connectivity index (χ3v) is 2.22. The van der Waals surface area contributed by atoms with Gasteiger partial charge in [0.15, 0.2) is 0 Å². The Labute approximate surface area is 71.9 Å². The molecule has 70 valence electrons. The fraction of sp³-hybridized carbons (Fsp3) is 0.875. The number of esters is 1. The first-order valence-corrected chi connectivity index (χ1v) is 4.22. The highest BCUT2D eigenvalue weighted by molar-refractivity contribution is 5.71. The quantitative estimate of drug-likeness (QED) is 0.573. The molecule has 0 saturated heterocycles. The smallest absolute Gasteiger partial charge is 0.319 e. The molecule has 4 heteroatoms. The summed E-state index contributed by atoms with van der Waals surface area (Å²) in [7, 11) is 1.36. The summed E-state index contributed by atoms with van der Waals surface area (Å²) >= 11 is 0. The van der Waals surface area contributed by atoms with Gasteiger partial charge in [0.05, 0.1) is 19.8 Å². The molecule has 1 aliphatic rings. The van der Waals surface area contributed by atoms with Gasteiger partial charge in [-0.15, -0.1) is 0 Å². The number of carbonyl (C=O) groups excluding carboxylic acids is 1. The Morgan fingerprint density at radius 3 is 2.92 bits per heavy atom. The van der Waals surface area contributed by atoms with Crippen molar-refractivity contribution in [1.29, 1.82) is 0 Å². The van der Waals surface area contributed by atoms with Crippen molar-refractivity contribution < 1.29 is 14.6 Å². The Balaban J connectivity index is 2.18. The van der Waals surface area contributed by atoms with E-state index < -0.39 is 0 Å². The van der Waals surface area contributed by atoms with Crippen molar-refractivity contribution in [3.8, 4) is 0 Å². The zero-order valence-electron chi connectivity index (χ0n) is 7.25. The van der Waals surface area contributed by atoms with Crippen molar-refractivity contribution in [2.24, 2.45) is 0 Å².